The van der Waals surface area contributed by atoms with Crippen LogP contribution in [-0.4, -0.2) is 49.5 Å². The van der Waals surface area contributed by atoms with Gasteiger partial charge in [-0.1, -0.05) is 34.5 Å². The summed E-state index contributed by atoms with van der Waals surface area (Å²) in [5, 5.41) is 0.979. The van der Waals surface area contributed by atoms with Crippen molar-refractivity contribution in [2.24, 2.45) is 12.0 Å². The third-order valence-corrected chi connectivity index (χ3v) is 8.22. The predicted molar refractivity (Wildman–Crippen MR) is 117 cm³/mol. The topological polar surface area (TPSA) is 81.0 Å². The van der Waals surface area contributed by atoms with Crippen LogP contribution < -0.4 is 4.80 Å². The number of morpholine rings is 1. The lowest BCUT2D eigenvalue weighted by molar-refractivity contribution is 0.0730. The summed E-state index contributed by atoms with van der Waals surface area (Å²) in [5.41, 5.74) is 1.03. The maximum atomic E-state index is 12.7. The summed E-state index contributed by atoms with van der Waals surface area (Å²) in [5.74, 6) is -0.477. The first-order chi connectivity index (χ1) is 14.3. The van der Waals surface area contributed by atoms with Crippen LogP contribution in [0.2, 0.25) is 10.0 Å². The molecule has 0 radical (unpaired) electrons. The standard InChI is InChI=1S/C19H17Cl2N3O4S2/c1-23-17-15(21)10-13(20)11-16(17)29-19(23)22-18(25)12-2-4-14(5-3-12)30(26,27)24-6-8-28-9-7-24/h2-5,10-11H,6-9H2,1H3. The Morgan fingerprint density at radius 2 is 1.80 bits per heavy atom. The number of aryl methyl sites for hydroxylation is 1. The zero-order chi connectivity index (χ0) is 21.5. The number of carbonyl (C=O) groups is 1. The minimum absolute atomic E-state index is 0.134. The summed E-state index contributed by atoms with van der Waals surface area (Å²) >= 11 is 13.6. The van der Waals surface area contributed by atoms with Crippen molar-refractivity contribution in [1.29, 1.82) is 0 Å². The van der Waals surface area contributed by atoms with Crippen molar-refractivity contribution < 1.29 is 17.9 Å². The molecule has 0 atom stereocenters. The molecular formula is C19H17Cl2N3O4S2. The molecule has 1 saturated heterocycles. The van der Waals surface area contributed by atoms with Crippen LogP contribution in [0, 0.1) is 0 Å². The van der Waals surface area contributed by atoms with Crippen LogP contribution >= 0.6 is 34.5 Å². The number of nitrogens with zero attached hydrogens (tertiary/aromatic N) is 3. The number of amides is 1. The van der Waals surface area contributed by atoms with Gasteiger partial charge in [0.05, 0.1) is 33.3 Å². The Morgan fingerprint density at radius 3 is 2.47 bits per heavy atom. The lowest BCUT2D eigenvalue weighted by Gasteiger charge is -2.26. The van der Waals surface area contributed by atoms with E-state index in [0.717, 1.165) is 10.2 Å². The van der Waals surface area contributed by atoms with Crippen LogP contribution in [0.25, 0.3) is 10.2 Å². The van der Waals surface area contributed by atoms with Crippen molar-refractivity contribution in [2.75, 3.05) is 26.3 Å². The molecule has 11 heteroatoms. The Morgan fingerprint density at radius 1 is 1.13 bits per heavy atom. The van der Waals surface area contributed by atoms with E-state index in [0.29, 0.717) is 41.1 Å². The summed E-state index contributed by atoms with van der Waals surface area (Å²) in [7, 11) is -1.85. The highest BCUT2D eigenvalue weighted by atomic mass is 35.5. The van der Waals surface area contributed by atoms with Gasteiger partial charge in [0.15, 0.2) is 4.80 Å². The number of aromatic nitrogens is 1. The van der Waals surface area contributed by atoms with Gasteiger partial charge in [-0.25, -0.2) is 8.42 Å². The van der Waals surface area contributed by atoms with Crippen molar-refractivity contribution in [2.45, 2.75) is 4.90 Å². The molecule has 0 unspecified atom stereocenters. The number of sulfonamides is 1. The number of benzene rings is 2. The van der Waals surface area contributed by atoms with E-state index in [1.54, 1.807) is 23.7 Å². The van der Waals surface area contributed by atoms with E-state index in [-0.39, 0.29) is 10.5 Å². The zero-order valence-electron chi connectivity index (χ0n) is 15.8. The molecule has 2 aromatic carbocycles. The number of carbonyl (C=O) groups excluding carboxylic acids is 1. The molecule has 30 heavy (non-hydrogen) atoms. The van der Waals surface area contributed by atoms with Gasteiger partial charge in [-0.2, -0.15) is 9.30 Å². The number of fused-ring (bicyclic) bond motifs is 1. The van der Waals surface area contributed by atoms with Gasteiger partial charge in [0.2, 0.25) is 10.0 Å². The largest absolute Gasteiger partial charge is 0.379 e. The average Bonchev–Trinajstić information content (AvgIpc) is 3.03. The first-order valence-electron chi connectivity index (χ1n) is 8.99. The third-order valence-electron chi connectivity index (χ3n) is 4.72. The third kappa shape index (κ3) is 4.05. The van der Waals surface area contributed by atoms with Crippen molar-refractivity contribution in [1.82, 2.24) is 8.87 Å². The monoisotopic (exact) mass is 485 g/mol. The SMILES string of the molecule is Cn1c(=NC(=O)c2ccc(S(=O)(=O)N3CCOCC3)cc2)sc2cc(Cl)cc(Cl)c21. The number of halogens is 2. The second-order valence-corrected chi connectivity index (χ2v) is 10.4. The van der Waals surface area contributed by atoms with E-state index in [9.17, 15) is 13.2 Å². The summed E-state index contributed by atoms with van der Waals surface area (Å²) in [6.07, 6.45) is 0. The molecule has 0 saturated carbocycles. The van der Waals surface area contributed by atoms with Crippen LogP contribution in [0.1, 0.15) is 10.4 Å². The molecule has 0 N–H and O–H groups in total. The summed E-state index contributed by atoms with van der Waals surface area (Å²) in [4.78, 5) is 17.4. The van der Waals surface area contributed by atoms with E-state index >= 15 is 0 Å². The number of ether oxygens (including phenoxy) is 1. The maximum absolute atomic E-state index is 12.7. The maximum Gasteiger partial charge on any atom is 0.279 e. The Kier molecular flexibility index (Phi) is 6.02. The molecule has 158 valence electrons. The molecule has 2 heterocycles. The number of thiazole rings is 1. The number of hydrogen-bond acceptors (Lipinski definition) is 5. The molecule has 1 aromatic heterocycles. The molecule has 3 aromatic rings. The molecular weight excluding hydrogens is 469 g/mol. The van der Waals surface area contributed by atoms with Gasteiger partial charge in [-0.15, -0.1) is 0 Å². The van der Waals surface area contributed by atoms with Crippen LogP contribution in [0.5, 0.6) is 0 Å². The van der Waals surface area contributed by atoms with E-state index in [2.05, 4.69) is 4.99 Å². The Hall–Kier alpha value is -1.75. The fourth-order valence-electron chi connectivity index (χ4n) is 3.16. The minimum Gasteiger partial charge on any atom is -0.379 e. The summed E-state index contributed by atoms with van der Waals surface area (Å²) in [6.45, 7) is 1.37. The quantitative estimate of drug-likeness (QED) is 0.569. The minimum atomic E-state index is -3.61. The van der Waals surface area contributed by atoms with Crippen LogP contribution in [0.15, 0.2) is 46.3 Å². The molecule has 1 aliphatic rings. The molecule has 7 nitrogen and oxygen atoms in total. The fraction of sp³-hybridized carbons (Fsp3) is 0.263. The first-order valence-corrected chi connectivity index (χ1v) is 12.0. The van der Waals surface area contributed by atoms with Gasteiger partial charge >= 0.3 is 0 Å². The highest BCUT2D eigenvalue weighted by Crippen LogP contribution is 2.29. The van der Waals surface area contributed by atoms with E-state index in [4.69, 9.17) is 27.9 Å². The van der Waals surface area contributed by atoms with Gasteiger partial charge in [0.1, 0.15) is 0 Å². The fourth-order valence-corrected chi connectivity index (χ4v) is 6.39. The van der Waals surface area contributed by atoms with E-state index < -0.39 is 15.9 Å². The van der Waals surface area contributed by atoms with Crippen LogP contribution in [-0.2, 0) is 21.8 Å². The smallest absolute Gasteiger partial charge is 0.279 e. The van der Waals surface area contributed by atoms with Gasteiger partial charge in [-0.3, -0.25) is 4.79 Å². The number of rotatable bonds is 3. The van der Waals surface area contributed by atoms with Gasteiger partial charge in [0, 0.05) is 30.7 Å². The van der Waals surface area contributed by atoms with Crippen molar-refractivity contribution in [3.63, 3.8) is 0 Å². The molecule has 1 aliphatic heterocycles. The predicted octanol–water partition coefficient (Wildman–Crippen LogP) is 3.31. The van der Waals surface area contributed by atoms with Crippen molar-refractivity contribution in [3.8, 4) is 0 Å². The molecule has 1 amide bonds. The lowest BCUT2D eigenvalue weighted by Crippen LogP contribution is -2.40. The Balaban J connectivity index is 1.64. The summed E-state index contributed by atoms with van der Waals surface area (Å²) in [6, 6.07) is 9.19. The van der Waals surface area contributed by atoms with E-state index in [1.165, 1.54) is 39.9 Å². The highest BCUT2D eigenvalue weighted by Gasteiger charge is 2.26. The zero-order valence-corrected chi connectivity index (χ0v) is 19.0. The number of hydrogen-bond donors (Lipinski definition) is 0. The van der Waals surface area contributed by atoms with Gasteiger partial charge in [-0.05, 0) is 36.4 Å². The molecule has 4 rings (SSSR count). The average molecular weight is 486 g/mol. The van der Waals surface area contributed by atoms with E-state index in [1.807, 2.05) is 0 Å². The molecule has 0 aliphatic carbocycles. The molecule has 1 fully saturated rings. The van der Waals surface area contributed by atoms with Crippen molar-refractivity contribution in [3.05, 3.63) is 56.8 Å². The second-order valence-electron chi connectivity index (χ2n) is 6.64. The molecule has 0 spiro atoms. The lowest BCUT2D eigenvalue weighted by atomic mass is 10.2. The Labute approximate surface area is 187 Å². The first kappa shape index (κ1) is 21.5. The van der Waals surface area contributed by atoms with Crippen LogP contribution in [0.3, 0.4) is 0 Å². The summed E-state index contributed by atoms with van der Waals surface area (Å²) < 4.78 is 34.5. The molecule has 0 bridgehead atoms. The Bertz CT molecular complexity index is 1290. The van der Waals surface area contributed by atoms with Gasteiger partial charge in [0.25, 0.3) is 5.91 Å². The van der Waals surface area contributed by atoms with Crippen LogP contribution in [0.4, 0.5) is 0 Å². The second kappa shape index (κ2) is 8.41. The normalized spacial score (nSPS) is 16.3. The van der Waals surface area contributed by atoms with Crippen molar-refractivity contribution >= 4 is 60.7 Å². The van der Waals surface area contributed by atoms with Gasteiger partial charge < -0.3 is 9.30 Å². The highest BCUT2D eigenvalue weighted by molar-refractivity contribution is 7.89.